The molecular formula is C16H15Cl2NO2S2. The van der Waals surface area contributed by atoms with Crippen LogP contribution >= 0.6 is 34.5 Å². The third-order valence-electron chi connectivity index (χ3n) is 3.78. The van der Waals surface area contributed by atoms with Gasteiger partial charge in [-0.05, 0) is 41.1 Å². The van der Waals surface area contributed by atoms with Crippen LogP contribution in [0.2, 0.25) is 10.0 Å². The Balaban J connectivity index is 1.59. The first-order valence-electron chi connectivity index (χ1n) is 7.15. The molecule has 3 nitrogen and oxygen atoms in total. The number of hydrogen-bond donors (Lipinski definition) is 0. The van der Waals surface area contributed by atoms with E-state index in [1.807, 2.05) is 0 Å². The fraction of sp³-hybridized carbons (Fsp3) is 0.312. The summed E-state index contributed by atoms with van der Waals surface area (Å²) in [6.07, 6.45) is 0.883. The van der Waals surface area contributed by atoms with Crippen molar-refractivity contribution in [1.82, 2.24) is 4.90 Å². The number of thiophene rings is 1. The summed E-state index contributed by atoms with van der Waals surface area (Å²) in [4.78, 5) is 15.5. The molecule has 3 rings (SSSR count). The Morgan fingerprint density at radius 2 is 2.13 bits per heavy atom. The standard InChI is InChI=1S/C16H15Cl2NO2S2/c17-13-2-1-12(14(18)7-13)9-23(21)10-16(20)19-5-3-15-11(8-19)4-6-22-15/h1-2,4,6-7H,3,5,8-10H2. The molecule has 1 amide bonds. The topological polar surface area (TPSA) is 37.4 Å². The second kappa shape index (κ2) is 7.34. The van der Waals surface area contributed by atoms with Gasteiger partial charge in [-0.2, -0.15) is 0 Å². The fourth-order valence-electron chi connectivity index (χ4n) is 2.55. The SMILES string of the molecule is O=C(CS(=O)Cc1ccc(Cl)cc1Cl)N1CCc2sccc2C1. The first-order valence-corrected chi connectivity index (χ1v) is 10.3. The third-order valence-corrected chi connectivity index (χ3v) is 6.59. The lowest BCUT2D eigenvalue weighted by atomic mass is 10.1. The number of halogens is 2. The molecule has 0 N–H and O–H groups in total. The Labute approximate surface area is 151 Å². The summed E-state index contributed by atoms with van der Waals surface area (Å²) in [7, 11) is -1.28. The maximum absolute atomic E-state index is 12.4. The number of rotatable bonds is 4. The van der Waals surface area contributed by atoms with Crippen molar-refractivity contribution in [2.45, 2.75) is 18.7 Å². The molecule has 1 aromatic carbocycles. The molecule has 0 saturated heterocycles. The van der Waals surface area contributed by atoms with Crippen LogP contribution in [0.3, 0.4) is 0 Å². The van der Waals surface area contributed by atoms with E-state index in [1.165, 1.54) is 10.4 Å². The molecule has 1 aliphatic rings. The van der Waals surface area contributed by atoms with Crippen molar-refractivity contribution >= 4 is 51.2 Å². The van der Waals surface area contributed by atoms with Crippen LogP contribution in [0.25, 0.3) is 0 Å². The summed E-state index contributed by atoms with van der Waals surface area (Å²) in [5.41, 5.74) is 1.96. The monoisotopic (exact) mass is 387 g/mol. The second-order valence-corrected chi connectivity index (χ2v) is 8.70. The summed E-state index contributed by atoms with van der Waals surface area (Å²) < 4.78 is 12.3. The van der Waals surface area contributed by atoms with Gasteiger partial charge in [0.25, 0.3) is 0 Å². The number of fused-ring (bicyclic) bond motifs is 1. The van der Waals surface area contributed by atoms with E-state index < -0.39 is 10.8 Å². The lowest BCUT2D eigenvalue weighted by Gasteiger charge is -2.26. The third kappa shape index (κ3) is 4.15. The highest BCUT2D eigenvalue weighted by Gasteiger charge is 2.23. The highest BCUT2D eigenvalue weighted by atomic mass is 35.5. The van der Waals surface area contributed by atoms with Crippen molar-refractivity contribution in [3.63, 3.8) is 0 Å². The fourth-order valence-corrected chi connectivity index (χ4v) is 5.16. The predicted molar refractivity (Wildman–Crippen MR) is 96.6 cm³/mol. The molecule has 0 aliphatic carbocycles. The Morgan fingerprint density at radius 3 is 2.91 bits per heavy atom. The molecule has 1 aliphatic heterocycles. The molecule has 0 saturated carbocycles. The van der Waals surface area contributed by atoms with E-state index in [-0.39, 0.29) is 17.4 Å². The largest absolute Gasteiger partial charge is 0.337 e. The van der Waals surface area contributed by atoms with Gasteiger partial charge < -0.3 is 4.90 Å². The molecule has 0 radical (unpaired) electrons. The Bertz CT molecular complexity index is 760. The van der Waals surface area contributed by atoms with E-state index in [4.69, 9.17) is 23.2 Å². The number of nitrogens with zero attached hydrogens (tertiary/aromatic N) is 1. The van der Waals surface area contributed by atoms with Gasteiger partial charge in [0.2, 0.25) is 5.91 Å². The average molecular weight is 388 g/mol. The van der Waals surface area contributed by atoms with Gasteiger partial charge in [-0.15, -0.1) is 11.3 Å². The van der Waals surface area contributed by atoms with Crippen molar-refractivity contribution in [2.75, 3.05) is 12.3 Å². The van der Waals surface area contributed by atoms with Crippen LogP contribution < -0.4 is 0 Å². The molecule has 0 spiro atoms. The second-order valence-electron chi connectivity index (χ2n) is 5.40. The minimum absolute atomic E-state index is 0.0262. The zero-order valence-corrected chi connectivity index (χ0v) is 15.4. The lowest BCUT2D eigenvalue weighted by Crippen LogP contribution is -2.38. The summed E-state index contributed by atoms with van der Waals surface area (Å²) in [6, 6.07) is 7.15. The Morgan fingerprint density at radius 1 is 1.30 bits per heavy atom. The van der Waals surface area contributed by atoms with E-state index in [0.717, 1.165) is 12.0 Å². The van der Waals surface area contributed by atoms with Gasteiger partial charge >= 0.3 is 0 Å². The first-order chi connectivity index (χ1) is 11.0. The molecule has 7 heteroatoms. The zero-order valence-electron chi connectivity index (χ0n) is 12.3. The van der Waals surface area contributed by atoms with Crippen LogP contribution in [0.5, 0.6) is 0 Å². The van der Waals surface area contributed by atoms with Crippen molar-refractivity contribution in [3.8, 4) is 0 Å². The molecule has 0 fully saturated rings. The van der Waals surface area contributed by atoms with Crippen LogP contribution in [0.4, 0.5) is 0 Å². The minimum Gasteiger partial charge on any atom is -0.337 e. The molecule has 2 heterocycles. The predicted octanol–water partition coefficient (Wildman–Crippen LogP) is 3.89. The average Bonchev–Trinajstić information content (AvgIpc) is 2.97. The summed E-state index contributed by atoms with van der Waals surface area (Å²) in [5.74, 6) is 0.225. The van der Waals surface area contributed by atoms with Crippen LogP contribution in [-0.4, -0.2) is 27.3 Å². The maximum atomic E-state index is 12.4. The van der Waals surface area contributed by atoms with Crippen LogP contribution in [0.15, 0.2) is 29.6 Å². The van der Waals surface area contributed by atoms with Crippen LogP contribution in [0, 0.1) is 0 Å². The molecule has 1 aromatic heterocycles. The van der Waals surface area contributed by atoms with Crippen molar-refractivity contribution in [3.05, 3.63) is 55.7 Å². The summed E-state index contributed by atoms with van der Waals surface area (Å²) >= 11 is 13.7. The number of hydrogen-bond acceptors (Lipinski definition) is 3. The van der Waals surface area contributed by atoms with Gasteiger partial charge in [-0.1, -0.05) is 29.3 Å². The number of amides is 1. The van der Waals surface area contributed by atoms with Crippen molar-refractivity contribution in [2.24, 2.45) is 0 Å². The Kier molecular flexibility index (Phi) is 5.42. The molecule has 23 heavy (non-hydrogen) atoms. The minimum atomic E-state index is -1.28. The van der Waals surface area contributed by atoms with E-state index >= 15 is 0 Å². The van der Waals surface area contributed by atoms with E-state index in [1.54, 1.807) is 34.4 Å². The zero-order chi connectivity index (χ0) is 16.4. The van der Waals surface area contributed by atoms with E-state index in [0.29, 0.717) is 23.1 Å². The lowest BCUT2D eigenvalue weighted by molar-refractivity contribution is -0.129. The summed E-state index contributed by atoms with van der Waals surface area (Å²) in [6.45, 7) is 1.32. The summed E-state index contributed by atoms with van der Waals surface area (Å²) in [5, 5.41) is 3.08. The molecular weight excluding hydrogens is 373 g/mol. The van der Waals surface area contributed by atoms with Crippen LogP contribution in [-0.2, 0) is 34.3 Å². The Hall–Kier alpha value is -0.880. The molecule has 2 aromatic rings. The number of benzene rings is 1. The van der Waals surface area contributed by atoms with Crippen molar-refractivity contribution in [1.29, 1.82) is 0 Å². The molecule has 1 unspecified atom stereocenters. The molecule has 0 bridgehead atoms. The highest BCUT2D eigenvalue weighted by Crippen LogP contribution is 2.25. The van der Waals surface area contributed by atoms with E-state index in [9.17, 15) is 9.00 Å². The quantitative estimate of drug-likeness (QED) is 0.797. The normalized spacial score (nSPS) is 15.3. The van der Waals surface area contributed by atoms with Gasteiger partial charge in [0, 0.05) is 38.8 Å². The van der Waals surface area contributed by atoms with Gasteiger partial charge in [0.1, 0.15) is 5.75 Å². The molecule has 1 atom stereocenters. The number of carbonyl (C=O) groups excluding carboxylic acids is 1. The smallest absolute Gasteiger partial charge is 0.235 e. The van der Waals surface area contributed by atoms with Gasteiger partial charge in [-0.3, -0.25) is 9.00 Å². The number of carbonyl (C=O) groups is 1. The van der Waals surface area contributed by atoms with Gasteiger partial charge in [0.15, 0.2) is 0 Å². The van der Waals surface area contributed by atoms with Crippen LogP contribution in [0.1, 0.15) is 16.0 Å². The van der Waals surface area contributed by atoms with Gasteiger partial charge in [0.05, 0.1) is 5.75 Å². The maximum Gasteiger partial charge on any atom is 0.235 e. The highest BCUT2D eigenvalue weighted by molar-refractivity contribution is 7.84. The first kappa shape index (κ1) is 17.0. The van der Waals surface area contributed by atoms with Crippen molar-refractivity contribution < 1.29 is 9.00 Å². The van der Waals surface area contributed by atoms with E-state index in [2.05, 4.69) is 11.4 Å². The molecule has 122 valence electrons. The van der Waals surface area contributed by atoms with Gasteiger partial charge in [-0.25, -0.2) is 0 Å².